The van der Waals surface area contributed by atoms with Crippen molar-refractivity contribution >= 4 is 48.9 Å². The summed E-state index contributed by atoms with van der Waals surface area (Å²) in [5.41, 5.74) is -1.58. The number of benzene rings is 1. The highest BCUT2D eigenvalue weighted by atomic mass is 31.2. The number of carbonyl (C=O) groups is 6. The minimum absolute atomic E-state index is 0.0147. The van der Waals surface area contributed by atoms with Crippen molar-refractivity contribution in [1.29, 1.82) is 0 Å². The smallest absolute Gasteiger partial charge is 0.410 e. The van der Waals surface area contributed by atoms with Crippen LogP contribution in [-0.2, 0) is 57.5 Å². The molecule has 0 aromatic heterocycles. The first-order valence-corrected chi connectivity index (χ1v) is 20.2. The Morgan fingerprint density at radius 1 is 0.947 bits per heavy atom. The van der Waals surface area contributed by atoms with Crippen LogP contribution < -0.4 is 16.4 Å². The largest absolute Gasteiger partial charge is 0.448 e. The number of likely N-dealkylation sites (tertiary alicyclic amines) is 1. The summed E-state index contributed by atoms with van der Waals surface area (Å²) in [5, 5.41) is 5.41. The Hall–Kier alpha value is -4.41. The topological polar surface area (TPSA) is 219 Å². The summed E-state index contributed by atoms with van der Waals surface area (Å²) in [6.45, 7) is 10.5. The van der Waals surface area contributed by atoms with Crippen LogP contribution in [0.25, 0.3) is 5.57 Å². The maximum absolute atomic E-state index is 16.0. The van der Waals surface area contributed by atoms with Crippen molar-refractivity contribution in [3.63, 3.8) is 0 Å². The fraction of sp³-hybridized carbons (Fsp3) is 0.632. The van der Waals surface area contributed by atoms with Crippen LogP contribution >= 0.6 is 7.60 Å². The van der Waals surface area contributed by atoms with Crippen molar-refractivity contribution in [2.75, 3.05) is 33.3 Å². The van der Waals surface area contributed by atoms with E-state index in [1.54, 1.807) is 6.92 Å². The molecule has 2 aliphatic rings. The molecular weight excluding hydrogens is 773 g/mol. The predicted octanol–water partition coefficient (Wildman–Crippen LogP) is 5.19. The molecule has 16 nitrogen and oxygen atoms in total. The van der Waals surface area contributed by atoms with Gasteiger partial charge in [0.1, 0.15) is 18.7 Å². The number of carbonyl (C=O) groups excluding carboxylic acids is 6. The molecule has 1 aliphatic heterocycles. The SMILES string of the molecule is CCCCC(NC(=O)/C=C(\C)c1ccc(C(F)(F)P(=O)(OCOC(=O)C(C)(C)C)OCOC(=O)C(C)(C)C)cc1)C(=O)N1C[C@H]2CC2C1C(=O)NCCOC(N)=O. The number of unbranched alkanes of at least 4 members (excludes halogenated alkanes) is 1. The van der Waals surface area contributed by atoms with E-state index in [1.807, 2.05) is 6.92 Å². The van der Waals surface area contributed by atoms with Crippen LogP contribution in [-0.4, -0.2) is 86.0 Å². The standard InChI is InChI=1S/C38H55F2N4O12P/c1-9-10-11-28(32(47)44-20-25-19-27(25)30(44)31(46)42-16-17-52-35(41)50)43-29(45)18-23(2)24-12-14-26(15-13-24)38(39,40)57(51,55-21-53-33(48)36(3,4)5)56-22-54-34(49)37(6,7)8/h12-15,18,25,27-28,30H,9-11,16-17,19-22H2,1-8H3,(H2,41,50)(H,42,46)(H,43,45)/b23-18+/t25-,27?,28?,30?/m1/s1. The van der Waals surface area contributed by atoms with Gasteiger partial charge >= 0.3 is 31.3 Å². The quantitative estimate of drug-likeness (QED) is 0.0410. The molecule has 2 fully saturated rings. The fourth-order valence-electron chi connectivity index (χ4n) is 5.84. The molecule has 1 aliphatic carbocycles. The summed E-state index contributed by atoms with van der Waals surface area (Å²) in [5.74, 6) is -2.94. The van der Waals surface area contributed by atoms with Crippen LogP contribution in [0.2, 0.25) is 0 Å². The van der Waals surface area contributed by atoms with E-state index >= 15 is 8.78 Å². The molecule has 1 saturated heterocycles. The number of esters is 2. The zero-order valence-electron chi connectivity index (χ0n) is 33.7. The number of hydrogen-bond donors (Lipinski definition) is 3. The molecule has 4 amide bonds. The number of halogens is 2. The van der Waals surface area contributed by atoms with E-state index in [0.29, 0.717) is 30.5 Å². The molecule has 4 atom stereocenters. The average molecular weight is 829 g/mol. The zero-order chi connectivity index (χ0) is 42.9. The summed E-state index contributed by atoms with van der Waals surface area (Å²) >= 11 is 0. The Kier molecular flexibility index (Phi) is 16.0. The van der Waals surface area contributed by atoms with Gasteiger partial charge in [0, 0.05) is 18.2 Å². The van der Waals surface area contributed by atoms with Gasteiger partial charge in [-0.2, -0.15) is 8.78 Å². The van der Waals surface area contributed by atoms with Gasteiger partial charge in [-0.1, -0.05) is 44.0 Å². The van der Waals surface area contributed by atoms with Gasteiger partial charge in [0.2, 0.25) is 31.3 Å². The maximum Gasteiger partial charge on any atom is 0.410 e. The number of allylic oxidation sites excluding steroid dienone is 1. The molecular formula is C38H55F2N4O12P. The van der Waals surface area contributed by atoms with Crippen LogP contribution in [0.3, 0.4) is 0 Å². The van der Waals surface area contributed by atoms with Gasteiger partial charge < -0.3 is 35.5 Å². The van der Waals surface area contributed by atoms with Crippen molar-refractivity contribution in [3.8, 4) is 0 Å². The van der Waals surface area contributed by atoms with Crippen molar-refractivity contribution < 1.29 is 65.4 Å². The van der Waals surface area contributed by atoms with E-state index in [0.717, 1.165) is 25.0 Å². The molecule has 0 spiro atoms. The van der Waals surface area contributed by atoms with E-state index in [1.165, 1.54) is 64.7 Å². The molecule has 19 heteroatoms. The Balaban J connectivity index is 1.75. The van der Waals surface area contributed by atoms with Crippen LogP contribution in [0.5, 0.6) is 0 Å². The maximum atomic E-state index is 16.0. The van der Waals surface area contributed by atoms with Crippen molar-refractivity contribution in [2.24, 2.45) is 28.4 Å². The number of nitrogens with zero attached hydrogens (tertiary/aromatic N) is 1. The molecule has 3 rings (SSSR count). The second-order valence-corrected chi connectivity index (χ2v) is 18.1. The summed E-state index contributed by atoms with van der Waals surface area (Å²) in [4.78, 5) is 76.8. The lowest BCUT2D eigenvalue weighted by molar-refractivity contribution is -0.163. The molecule has 1 aromatic carbocycles. The van der Waals surface area contributed by atoms with E-state index in [-0.39, 0.29) is 25.0 Å². The normalized spacial score (nSPS) is 18.9. The zero-order valence-corrected chi connectivity index (χ0v) is 34.6. The summed E-state index contributed by atoms with van der Waals surface area (Å²) in [7, 11) is -5.54. The van der Waals surface area contributed by atoms with Gasteiger partial charge in [0.15, 0.2) is 0 Å². The van der Waals surface area contributed by atoms with Crippen molar-refractivity contribution in [1.82, 2.24) is 15.5 Å². The Bertz CT molecular complexity index is 1690. The number of nitrogens with one attached hydrogen (secondary N) is 2. The molecule has 3 unspecified atom stereocenters. The van der Waals surface area contributed by atoms with Gasteiger partial charge in [-0.15, -0.1) is 0 Å². The minimum Gasteiger partial charge on any atom is -0.448 e. The molecule has 57 heavy (non-hydrogen) atoms. The number of ether oxygens (including phenoxy) is 3. The molecule has 318 valence electrons. The van der Waals surface area contributed by atoms with Crippen LogP contribution in [0.15, 0.2) is 30.3 Å². The molecule has 0 radical (unpaired) electrons. The number of rotatable bonds is 19. The number of nitrogens with two attached hydrogens (primary N) is 1. The number of hydrogen-bond acceptors (Lipinski definition) is 12. The molecule has 1 saturated carbocycles. The number of primary amides is 1. The second kappa shape index (κ2) is 19.4. The lowest BCUT2D eigenvalue weighted by Crippen LogP contribution is -2.55. The predicted molar refractivity (Wildman–Crippen MR) is 202 cm³/mol. The minimum atomic E-state index is -5.54. The first kappa shape index (κ1) is 47.0. The van der Waals surface area contributed by atoms with Gasteiger partial charge in [-0.3, -0.25) is 37.6 Å². The lowest BCUT2D eigenvalue weighted by Gasteiger charge is -2.30. The summed E-state index contributed by atoms with van der Waals surface area (Å²) in [6, 6.07) is 2.70. The van der Waals surface area contributed by atoms with Gasteiger partial charge in [-0.25, -0.2) is 4.79 Å². The molecule has 1 aromatic rings. The highest BCUT2D eigenvalue weighted by Crippen LogP contribution is 2.67. The Morgan fingerprint density at radius 2 is 1.51 bits per heavy atom. The molecule has 4 N–H and O–H groups in total. The first-order valence-electron chi connectivity index (χ1n) is 18.6. The highest BCUT2D eigenvalue weighted by molar-refractivity contribution is 7.54. The van der Waals surface area contributed by atoms with Gasteiger partial charge in [0.25, 0.3) is 0 Å². The number of fused-ring (bicyclic) bond motifs is 1. The third-order valence-corrected chi connectivity index (χ3v) is 11.1. The van der Waals surface area contributed by atoms with Crippen LogP contribution in [0, 0.1) is 22.7 Å². The van der Waals surface area contributed by atoms with Gasteiger partial charge in [-0.05, 0) is 84.3 Å². The van der Waals surface area contributed by atoms with E-state index in [9.17, 15) is 33.3 Å². The van der Waals surface area contributed by atoms with Crippen LogP contribution in [0.1, 0.15) is 92.2 Å². The average Bonchev–Trinajstić information content (AvgIpc) is 3.78. The Labute approximate surface area is 331 Å². The summed E-state index contributed by atoms with van der Waals surface area (Å²) in [6.07, 6.45) is 2.65. The van der Waals surface area contributed by atoms with Crippen molar-refractivity contribution in [2.45, 2.75) is 98.8 Å². The lowest BCUT2D eigenvalue weighted by atomic mass is 9.98. The van der Waals surface area contributed by atoms with E-state index < -0.39 is 91.1 Å². The third kappa shape index (κ3) is 12.8. The molecule has 1 heterocycles. The number of piperidine rings is 1. The van der Waals surface area contributed by atoms with Crippen molar-refractivity contribution in [3.05, 3.63) is 41.5 Å². The van der Waals surface area contributed by atoms with E-state index in [2.05, 4.69) is 15.4 Å². The highest BCUT2D eigenvalue weighted by Gasteiger charge is 2.58. The second-order valence-electron chi connectivity index (χ2n) is 16.1. The molecule has 0 bridgehead atoms. The number of amides is 4. The third-order valence-electron chi connectivity index (χ3n) is 9.24. The van der Waals surface area contributed by atoms with Crippen LogP contribution in [0.4, 0.5) is 13.6 Å². The number of alkyl halides is 2. The van der Waals surface area contributed by atoms with Gasteiger partial charge in [0.05, 0.1) is 17.4 Å². The monoisotopic (exact) mass is 828 g/mol. The van der Waals surface area contributed by atoms with E-state index in [4.69, 9.17) is 24.3 Å². The first-order chi connectivity index (χ1) is 26.4. The fourth-order valence-corrected chi connectivity index (χ4v) is 7.09. The summed E-state index contributed by atoms with van der Waals surface area (Å²) < 4.78 is 69.8. The Morgan fingerprint density at radius 3 is 2.02 bits per heavy atom.